The molecule has 0 aliphatic carbocycles. The lowest BCUT2D eigenvalue weighted by Gasteiger charge is -2.04. The molecule has 148 valence electrons. The second-order valence-electron chi connectivity index (χ2n) is 6.59. The van der Waals surface area contributed by atoms with Gasteiger partial charge in [-0.25, -0.2) is 5.43 Å². The summed E-state index contributed by atoms with van der Waals surface area (Å²) >= 11 is 0. The molecule has 0 unspecified atom stereocenters. The number of nitrogens with one attached hydrogen (secondary N) is 1. The Morgan fingerprint density at radius 2 is 1.80 bits per heavy atom. The maximum Gasteiger partial charge on any atom is 0.271 e. The van der Waals surface area contributed by atoms with Gasteiger partial charge in [-0.2, -0.15) is 9.90 Å². The molecule has 2 heterocycles. The first-order valence-electron chi connectivity index (χ1n) is 9.36. The van der Waals surface area contributed by atoms with E-state index in [0.29, 0.717) is 23.6 Å². The summed E-state index contributed by atoms with van der Waals surface area (Å²) in [6, 6.07) is 20.6. The van der Waals surface area contributed by atoms with Crippen LogP contribution in [0.15, 0.2) is 84.2 Å². The van der Waals surface area contributed by atoms with Gasteiger partial charge in [-0.1, -0.05) is 48.5 Å². The number of aromatic nitrogens is 5. The molecule has 2 aromatic carbocycles. The van der Waals surface area contributed by atoms with Crippen molar-refractivity contribution in [2.24, 2.45) is 5.10 Å². The summed E-state index contributed by atoms with van der Waals surface area (Å²) in [6.07, 6.45) is 3.38. The van der Waals surface area contributed by atoms with Crippen LogP contribution < -0.4 is 5.43 Å². The predicted octanol–water partition coefficient (Wildman–Crippen LogP) is 2.94. The highest BCUT2D eigenvalue weighted by molar-refractivity contribution is 6.00. The summed E-state index contributed by atoms with van der Waals surface area (Å²) in [4.78, 5) is 17.9. The van der Waals surface area contributed by atoms with Crippen LogP contribution in [0.25, 0.3) is 11.4 Å². The normalized spacial score (nSPS) is 11.3. The minimum Gasteiger partial charge on any atom is -0.267 e. The van der Waals surface area contributed by atoms with E-state index in [1.807, 2.05) is 61.5 Å². The van der Waals surface area contributed by atoms with Gasteiger partial charge in [0.05, 0.1) is 12.3 Å². The number of hydrazone groups is 1. The van der Waals surface area contributed by atoms with Crippen molar-refractivity contribution in [1.29, 1.82) is 0 Å². The first-order valence-corrected chi connectivity index (χ1v) is 9.36. The first kappa shape index (κ1) is 19.1. The number of nitrogens with zero attached hydrogens (tertiary/aromatic N) is 6. The zero-order valence-electron chi connectivity index (χ0n) is 16.3. The smallest absolute Gasteiger partial charge is 0.267 e. The second kappa shape index (κ2) is 8.87. The van der Waals surface area contributed by atoms with E-state index in [-0.39, 0.29) is 5.91 Å². The Hall–Kier alpha value is -4.20. The Morgan fingerprint density at radius 1 is 1.00 bits per heavy atom. The van der Waals surface area contributed by atoms with Crippen LogP contribution in [0, 0.1) is 0 Å². The van der Waals surface area contributed by atoms with Gasteiger partial charge in [0, 0.05) is 29.1 Å². The second-order valence-corrected chi connectivity index (χ2v) is 6.59. The third-order valence-corrected chi connectivity index (χ3v) is 4.43. The van der Waals surface area contributed by atoms with Crippen LogP contribution in [0.3, 0.4) is 0 Å². The van der Waals surface area contributed by atoms with Gasteiger partial charge in [0.2, 0.25) is 5.82 Å². The highest BCUT2D eigenvalue weighted by Gasteiger charge is 2.08. The van der Waals surface area contributed by atoms with E-state index in [9.17, 15) is 4.79 Å². The highest BCUT2D eigenvalue weighted by atomic mass is 16.2. The predicted molar refractivity (Wildman–Crippen MR) is 113 cm³/mol. The number of hydrogen-bond donors (Lipinski definition) is 1. The van der Waals surface area contributed by atoms with Crippen molar-refractivity contribution in [2.75, 3.05) is 0 Å². The summed E-state index contributed by atoms with van der Waals surface area (Å²) in [5.41, 5.74) is 6.48. The van der Waals surface area contributed by atoms with Gasteiger partial charge in [-0.3, -0.25) is 9.78 Å². The van der Waals surface area contributed by atoms with E-state index >= 15 is 0 Å². The van der Waals surface area contributed by atoms with Crippen molar-refractivity contribution in [3.8, 4) is 11.4 Å². The fraction of sp³-hybridized carbons (Fsp3) is 0.0909. The van der Waals surface area contributed by atoms with Crippen LogP contribution in [-0.2, 0) is 6.54 Å². The third-order valence-electron chi connectivity index (χ3n) is 4.43. The first-order chi connectivity index (χ1) is 14.7. The van der Waals surface area contributed by atoms with Gasteiger partial charge < -0.3 is 0 Å². The van der Waals surface area contributed by atoms with Crippen molar-refractivity contribution in [3.63, 3.8) is 0 Å². The lowest BCUT2D eigenvalue weighted by Crippen LogP contribution is -2.19. The number of carbonyl (C=O) groups excluding carboxylic acids is 1. The standard InChI is InChI=1S/C22H19N7O/c1-16(20-8-5-13-23-14-20)24-26-22(30)19-11-9-17(10-12-19)15-29-27-21(25-28-29)18-6-3-2-4-7-18/h2-14H,15H2,1H3,(H,26,30). The van der Waals surface area contributed by atoms with Gasteiger partial charge in [0.25, 0.3) is 5.91 Å². The van der Waals surface area contributed by atoms with E-state index in [1.165, 1.54) is 4.80 Å². The zero-order chi connectivity index (χ0) is 20.8. The maximum atomic E-state index is 12.3. The van der Waals surface area contributed by atoms with Crippen molar-refractivity contribution < 1.29 is 4.79 Å². The largest absolute Gasteiger partial charge is 0.271 e. The molecule has 8 heteroatoms. The molecule has 0 aliphatic heterocycles. The number of tetrazole rings is 1. The number of rotatable bonds is 6. The monoisotopic (exact) mass is 397 g/mol. The van der Waals surface area contributed by atoms with Gasteiger partial charge >= 0.3 is 0 Å². The van der Waals surface area contributed by atoms with Crippen LogP contribution in [0.2, 0.25) is 0 Å². The van der Waals surface area contributed by atoms with Gasteiger partial charge in [0.15, 0.2) is 0 Å². The van der Waals surface area contributed by atoms with Crippen molar-refractivity contribution in [2.45, 2.75) is 13.5 Å². The molecule has 8 nitrogen and oxygen atoms in total. The summed E-state index contributed by atoms with van der Waals surface area (Å²) in [6.45, 7) is 2.27. The van der Waals surface area contributed by atoms with Gasteiger partial charge in [-0.05, 0) is 35.9 Å². The maximum absolute atomic E-state index is 12.3. The van der Waals surface area contributed by atoms with Gasteiger partial charge in [-0.15, -0.1) is 10.2 Å². The van der Waals surface area contributed by atoms with Crippen molar-refractivity contribution in [1.82, 2.24) is 30.6 Å². The third kappa shape index (κ3) is 4.61. The lowest BCUT2D eigenvalue weighted by molar-refractivity contribution is 0.0955. The molecule has 4 rings (SSSR count). The molecule has 0 fully saturated rings. The van der Waals surface area contributed by atoms with Crippen LogP contribution in [0.4, 0.5) is 0 Å². The van der Waals surface area contributed by atoms with Crippen LogP contribution in [0.5, 0.6) is 0 Å². The van der Waals surface area contributed by atoms with Crippen molar-refractivity contribution in [3.05, 3.63) is 95.8 Å². The molecule has 0 atom stereocenters. The van der Waals surface area contributed by atoms with Crippen LogP contribution in [0.1, 0.15) is 28.4 Å². The molecule has 30 heavy (non-hydrogen) atoms. The minimum absolute atomic E-state index is 0.282. The highest BCUT2D eigenvalue weighted by Crippen LogP contribution is 2.12. The molecule has 1 N–H and O–H groups in total. The molecule has 1 amide bonds. The van der Waals surface area contributed by atoms with Crippen LogP contribution in [-0.4, -0.2) is 36.8 Å². The number of pyridine rings is 1. The Kier molecular flexibility index (Phi) is 5.66. The molecule has 4 aromatic rings. The number of amides is 1. The fourth-order valence-electron chi connectivity index (χ4n) is 2.78. The molecule has 0 radical (unpaired) electrons. The zero-order valence-corrected chi connectivity index (χ0v) is 16.3. The number of hydrogen-bond acceptors (Lipinski definition) is 6. The molecule has 0 spiro atoms. The number of benzene rings is 2. The SMILES string of the molecule is CC(=NNC(=O)c1ccc(Cn2nnc(-c3ccccc3)n2)cc1)c1cccnc1. The minimum atomic E-state index is -0.282. The Bertz CT molecular complexity index is 1150. The number of carbonyl (C=O) groups is 1. The van der Waals surface area contributed by atoms with Crippen molar-refractivity contribution >= 4 is 11.6 Å². The topological polar surface area (TPSA) is 98.0 Å². The van der Waals surface area contributed by atoms with Gasteiger partial charge in [0.1, 0.15) is 0 Å². The Labute approximate surface area is 173 Å². The molecular formula is C22H19N7O. The molecule has 0 aliphatic rings. The Morgan fingerprint density at radius 3 is 2.53 bits per heavy atom. The summed E-state index contributed by atoms with van der Waals surface area (Å²) < 4.78 is 0. The lowest BCUT2D eigenvalue weighted by atomic mass is 10.1. The Balaban J connectivity index is 1.38. The quantitative estimate of drug-likeness (QED) is 0.398. The average molecular weight is 397 g/mol. The average Bonchev–Trinajstić information content (AvgIpc) is 3.27. The van der Waals surface area contributed by atoms with E-state index < -0.39 is 0 Å². The van der Waals surface area contributed by atoms with E-state index in [0.717, 1.165) is 16.7 Å². The summed E-state index contributed by atoms with van der Waals surface area (Å²) in [7, 11) is 0. The summed E-state index contributed by atoms with van der Waals surface area (Å²) in [5.74, 6) is 0.295. The fourth-order valence-corrected chi connectivity index (χ4v) is 2.78. The van der Waals surface area contributed by atoms with Crippen LogP contribution >= 0.6 is 0 Å². The molecule has 0 bridgehead atoms. The molecular weight excluding hydrogens is 378 g/mol. The van der Waals surface area contributed by atoms with E-state index in [2.05, 4.69) is 30.9 Å². The van der Waals surface area contributed by atoms with E-state index in [1.54, 1.807) is 24.5 Å². The molecule has 2 aromatic heterocycles. The molecule has 0 saturated heterocycles. The van der Waals surface area contributed by atoms with E-state index in [4.69, 9.17) is 0 Å². The molecule has 0 saturated carbocycles. The summed E-state index contributed by atoms with van der Waals surface area (Å²) in [5, 5.41) is 16.7.